The average Bonchev–Trinajstić information content (AvgIpc) is 2.68. The van der Waals surface area contributed by atoms with Gasteiger partial charge in [0.05, 0.1) is 26.5 Å². The molecule has 0 atom stereocenters. The Labute approximate surface area is 98.5 Å². The Bertz CT molecular complexity index is 414. The summed E-state index contributed by atoms with van der Waals surface area (Å²) in [5, 5.41) is 0. The molecule has 0 aliphatic carbocycles. The molecule has 1 aromatic rings. The van der Waals surface area contributed by atoms with Crippen molar-refractivity contribution in [1.29, 1.82) is 0 Å². The summed E-state index contributed by atoms with van der Waals surface area (Å²) in [5.74, 6) is -0.732. The van der Waals surface area contributed by atoms with Crippen LogP contribution in [0.3, 0.4) is 0 Å². The third kappa shape index (κ3) is 3.20. The van der Waals surface area contributed by atoms with Crippen molar-refractivity contribution in [3.8, 4) is 0 Å². The van der Waals surface area contributed by atoms with Crippen molar-refractivity contribution in [2.24, 2.45) is 0 Å². The van der Waals surface area contributed by atoms with Gasteiger partial charge in [0.2, 0.25) is 0 Å². The largest absolute Gasteiger partial charge is 0.469 e. The van der Waals surface area contributed by atoms with Crippen molar-refractivity contribution >= 4 is 17.8 Å². The van der Waals surface area contributed by atoms with Crippen LogP contribution in [0.4, 0.5) is 5.82 Å². The van der Waals surface area contributed by atoms with Crippen molar-refractivity contribution in [3.05, 3.63) is 12.0 Å². The van der Waals surface area contributed by atoms with Gasteiger partial charge in [-0.2, -0.15) is 0 Å². The summed E-state index contributed by atoms with van der Waals surface area (Å²) in [5.41, 5.74) is 5.78. The summed E-state index contributed by atoms with van der Waals surface area (Å²) < 4.78 is 10.8. The molecular formula is C10H15N3O4. The predicted molar refractivity (Wildman–Crippen MR) is 59.2 cm³/mol. The van der Waals surface area contributed by atoms with Crippen LogP contribution >= 0.6 is 0 Å². The van der Waals surface area contributed by atoms with Gasteiger partial charge in [0.15, 0.2) is 5.69 Å². The zero-order valence-electron chi connectivity index (χ0n) is 9.80. The van der Waals surface area contributed by atoms with Gasteiger partial charge in [-0.05, 0) is 6.92 Å². The van der Waals surface area contributed by atoms with Crippen molar-refractivity contribution in [2.75, 3.05) is 19.5 Å². The van der Waals surface area contributed by atoms with Gasteiger partial charge in [0.25, 0.3) is 0 Å². The lowest BCUT2D eigenvalue weighted by Crippen LogP contribution is -2.11. The van der Waals surface area contributed by atoms with Gasteiger partial charge in [0.1, 0.15) is 5.82 Å². The fourth-order valence-corrected chi connectivity index (χ4v) is 1.24. The molecular weight excluding hydrogens is 226 g/mol. The Morgan fingerprint density at radius 1 is 1.53 bits per heavy atom. The topological polar surface area (TPSA) is 96.4 Å². The van der Waals surface area contributed by atoms with Crippen molar-refractivity contribution in [2.45, 2.75) is 19.9 Å². The molecule has 7 heteroatoms. The quantitative estimate of drug-likeness (QED) is 0.740. The molecule has 0 aliphatic heterocycles. The summed E-state index contributed by atoms with van der Waals surface area (Å²) in [6, 6.07) is 0. The summed E-state index contributed by atoms with van der Waals surface area (Å²) >= 11 is 0. The first-order chi connectivity index (χ1) is 8.10. The lowest BCUT2D eigenvalue weighted by Gasteiger charge is -2.04. The monoisotopic (exact) mass is 241 g/mol. The first-order valence-corrected chi connectivity index (χ1v) is 5.14. The zero-order chi connectivity index (χ0) is 12.8. The highest BCUT2D eigenvalue weighted by molar-refractivity contribution is 5.92. The number of carbonyl (C=O) groups excluding carboxylic acids is 2. The molecule has 94 valence electrons. The number of imidazole rings is 1. The number of methoxy groups -OCH3 is 1. The minimum atomic E-state index is -0.568. The Morgan fingerprint density at radius 3 is 2.82 bits per heavy atom. The van der Waals surface area contributed by atoms with Crippen LogP contribution in [-0.4, -0.2) is 35.2 Å². The SMILES string of the molecule is CCOC(=O)c1ncn(CCC(=O)OC)c1N. The number of aromatic nitrogens is 2. The minimum absolute atomic E-state index is 0.0664. The van der Waals surface area contributed by atoms with Gasteiger partial charge in [-0.25, -0.2) is 9.78 Å². The molecule has 0 fully saturated rings. The number of aryl methyl sites for hydroxylation is 1. The van der Waals surface area contributed by atoms with Gasteiger partial charge in [-0.3, -0.25) is 4.79 Å². The third-order valence-electron chi connectivity index (χ3n) is 2.13. The van der Waals surface area contributed by atoms with E-state index in [1.54, 1.807) is 6.92 Å². The molecule has 17 heavy (non-hydrogen) atoms. The minimum Gasteiger partial charge on any atom is -0.469 e. The van der Waals surface area contributed by atoms with Crippen LogP contribution in [0, 0.1) is 0 Å². The van der Waals surface area contributed by atoms with Crippen LogP contribution in [-0.2, 0) is 20.8 Å². The van der Waals surface area contributed by atoms with Crippen LogP contribution < -0.4 is 5.73 Å². The van der Waals surface area contributed by atoms with Crippen LogP contribution in [0.25, 0.3) is 0 Å². The molecule has 1 aromatic heterocycles. The van der Waals surface area contributed by atoms with Gasteiger partial charge >= 0.3 is 11.9 Å². The second-order valence-corrected chi connectivity index (χ2v) is 3.22. The van der Waals surface area contributed by atoms with Gasteiger partial charge in [-0.15, -0.1) is 0 Å². The fourth-order valence-electron chi connectivity index (χ4n) is 1.24. The molecule has 0 amide bonds. The molecule has 1 heterocycles. The maximum absolute atomic E-state index is 11.4. The van der Waals surface area contributed by atoms with Crippen LogP contribution in [0.2, 0.25) is 0 Å². The highest BCUT2D eigenvalue weighted by atomic mass is 16.5. The smallest absolute Gasteiger partial charge is 0.360 e. The number of anilines is 1. The normalized spacial score (nSPS) is 10.0. The van der Waals surface area contributed by atoms with E-state index < -0.39 is 5.97 Å². The van der Waals surface area contributed by atoms with Crippen molar-refractivity contribution in [1.82, 2.24) is 9.55 Å². The van der Waals surface area contributed by atoms with E-state index in [-0.39, 0.29) is 30.5 Å². The first kappa shape index (κ1) is 13.0. The maximum Gasteiger partial charge on any atom is 0.360 e. The molecule has 1 rings (SSSR count). The van der Waals surface area contributed by atoms with E-state index in [1.807, 2.05) is 0 Å². The lowest BCUT2D eigenvalue weighted by atomic mass is 10.4. The lowest BCUT2D eigenvalue weighted by molar-refractivity contribution is -0.140. The number of ether oxygens (including phenoxy) is 2. The summed E-state index contributed by atoms with van der Waals surface area (Å²) in [4.78, 5) is 26.2. The summed E-state index contributed by atoms with van der Waals surface area (Å²) in [7, 11) is 1.31. The Kier molecular flexibility index (Phi) is 4.50. The highest BCUT2D eigenvalue weighted by Gasteiger charge is 2.17. The van der Waals surface area contributed by atoms with E-state index >= 15 is 0 Å². The number of nitrogens with two attached hydrogens (primary N) is 1. The summed E-state index contributed by atoms with van der Waals surface area (Å²) in [6.45, 7) is 2.26. The Hall–Kier alpha value is -2.05. The number of carbonyl (C=O) groups is 2. The molecule has 0 bridgehead atoms. The van der Waals surface area contributed by atoms with Gasteiger partial charge < -0.3 is 19.8 Å². The average molecular weight is 241 g/mol. The second kappa shape index (κ2) is 5.88. The van der Waals surface area contributed by atoms with Crippen molar-refractivity contribution in [3.63, 3.8) is 0 Å². The molecule has 2 N–H and O–H groups in total. The molecule has 0 radical (unpaired) electrons. The van der Waals surface area contributed by atoms with E-state index in [0.717, 1.165) is 0 Å². The van der Waals surface area contributed by atoms with Crippen LogP contribution in [0.15, 0.2) is 6.33 Å². The molecule has 0 aromatic carbocycles. The first-order valence-electron chi connectivity index (χ1n) is 5.14. The number of esters is 2. The number of nitrogen functional groups attached to an aromatic ring is 1. The number of nitrogens with zero attached hydrogens (tertiary/aromatic N) is 2. The number of rotatable bonds is 5. The van der Waals surface area contributed by atoms with E-state index in [1.165, 1.54) is 18.0 Å². The fraction of sp³-hybridized carbons (Fsp3) is 0.500. The van der Waals surface area contributed by atoms with Crippen LogP contribution in [0.1, 0.15) is 23.8 Å². The van der Waals surface area contributed by atoms with Gasteiger partial charge in [-0.1, -0.05) is 0 Å². The molecule has 0 unspecified atom stereocenters. The highest BCUT2D eigenvalue weighted by Crippen LogP contribution is 2.12. The standard InChI is InChI=1S/C10H15N3O4/c1-3-17-10(15)8-9(11)13(6-12-8)5-4-7(14)16-2/h6H,3-5,11H2,1-2H3. The second-order valence-electron chi connectivity index (χ2n) is 3.22. The molecule has 0 saturated heterocycles. The summed E-state index contributed by atoms with van der Waals surface area (Å²) in [6.07, 6.45) is 1.56. The molecule has 0 spiro atoms. The number of hydrogen-bond acceptors (Lipinski definition) is 6. The Balaban J connectivity index is 2.70. The van der Waals surface area contributed by atoms with E-state index in [9.17, 15) is 9.59 Å². The van der Waals surface area contributed by atoms with Gasteiger partial charge in [0, 0.05) is 6.54 Å². The van der Waals surface area contributed by atoms with E-state index in [0.29, 0.717) is 6.54 Å². The van der Waals surface area contributed by atoms with E-state index in [2.05, 4.69) is 9.72 Å². The van der Waals surface area contributed by atoms with Crippen LogP contribution in [0.5, 0.6) is 0 Å². The molecule has 0 aliphatic rings. The van der Waals surface area contributed by atoms with Crippen molar-refractivity contribution < 1.29 is 19.1 Å². The van der Waals surface area contributed by atoms with E-state index in [4.69, 9.17) is 10.5 Å². The zero-order valence-corrected chi connectivity index (χ0v) is 9.80. The predicted octanol–water partition coefficient (Wildman–Crippen LogP) is 0.205. The molecule has 0 saturated carbocycles. The molecule has 7 nitrogen and oxygen atoms in total. The third-order valence-corrected chi connectivity index (χ3v) is 2.13. The number of hydrogen-bond donors (Lipinski definition) is 1. The Morgan fingerprint density at radius 2 is 2.24 bits per heavy atom. The maximum atomic E-state index is 11.4.